The van der Waals surface area contributed by atoms with E-state index in [4.69, 9.17) is 4.74 Å². The van der Waals surface area contributed by atoms with Crippen molar-refractivity contribution < 1.29 is 9.13 Å². The maximum Gasteiger partial charge on any atom is 0.133 e. The Kier molecular flexibility index (Phi) is 4.07. The average molecular weight is 241 g/mol. The van der Waals surface area contributed by atoms with E-state index in [9.17, 15) is 4.39 Å². The van der Waals surface area contributed by atoms with Gasteiger partial charge in [-0.2, -0.15) is 0 Å². The molecule has 88 valence electrons. The number of rotatable bonds is 3. The van der Waals surface area contributed by atoms with Crippen LogP contribution in [0.5, 0.6) is 5.75 Å². The van der Waals surface area contributed by atoms with E-state index in [2.05, 4.69) is 5.32 Å². The van der Waals surface area contributed by atoms with Gasteiger partial charge in [0.1, 0.15) is 17.7 Å². The molecule has 0 aromatic heterocycles. The van der Waals surface area contributed by atoms with Crippen molar-refractivity contribution in [2.45, 2.75) is 23.8 Å². The highest BCUT2D eigenvalue weighted by Crippen LogP contribution is 2.30. The molecule has 0 atom stereocenters. The molecule has 1 aliphatic rings. The molecule has 1 saturated heterocycles. The molecular formula is C12H16FNOS. The molecule has 0 spiro atoms. The lowest BCUT2D eigenvalue weighted by Crippen LogP contribution is -2.34. The lowest BCUT2D eigenvalue weighted by atomic mass is 10.1. The highest BCUT2D eigenvalue weighted by atomic mass is 32.2. The van der Waals surface area contributed by atoms with Gasteiger partial charge in [0, 0.05) is 0 Å². The molecule has 0 radical (unpaired) electrons. The first kappa shape index (κ1) is 11.7. The smallest absolute Gasteiger partial charge is 0.133 e. The minimum atomic E-state index is -0.206. The normalized spacial score (nSPS) is 17.4. The minimum absolute atomic E-state index is 0.206. The molecule has 1 aromatic rings. The van der Waals surface area contributed by atoms with Crippen LogP contribution in [0.3, 0.4) is 0 Å². The number of thioether (sulfide) groups is 1. The maximum absolute atomic E-state index is 13.0. The molecule has 0 bridgehead atoms. The quantitative estimate of drug-likeness (QED) is 0.822. The number of halogens is 1. The van der Waals surface area contributed by atoms with Crippen LogP contribution in [-0.4, -0.2) is 25.4 Å². The largest absolute Gasteiger partial charge is 0.489 e. The van der Waals surface area contributed by atoms with Gasteiger partial charge in [0.25, 0.3) is 0 Å². The SMILES string of the molecule is CSc1cc(F)ccc1OC1CCNCC1. The first-order chi connectivity index (χ1) is 7.79. The van der Waals surface area contributed by atoms with Gasteiger partial charge in [-0.25, -0.2) is 4.39 Å². The van der Waals surface area contributed by atoms with Crippen LogP contribution < -0.4 is 10.1 Å². The average Bonchev–Trinajstić information content (AvgIpc) is 2.33. The molecule has 1 aromatic carbocycles. The molecule has 0 amide bonds. The third-order valence-corrected chi connectivity index (χ3v) is 3.46. The summed E-state index contributed by atoms with van der Waals surface area (Å²) in [6.07, 6.45) is 4.23. The van der Waals surface area contributed by atoms with Crippen molar-refractivity contribution >= 4 is 11.8 Å². The first-order valence-corrected chi connectivity index (χ1v) is 6.73. The van der Waals surface area contributed by atoms with Crippen LogP contribution in [0.15, 0.2) is 23.1 Å². The Bertz CT molecular complexity index is 353. The van der Waals surface area contributed by atoms with Crippen molar-refractivity contribution in [3.05, 3.63) is 24.0 Å². The van der Waals surface area contributed by atoms with Gasteiger partial charge in [0.15, 0.2) is 0 Å². The summed E-state index contributed by atoms with van der Waals surface area (Å²) < 4.78 is 18.9. The predicted octanol–water partition coefficient (Wildman–Crippen LogP) is 2.68. The molecule has 0 unspecified atom stereocenters. The fourth-order valence-electron chi connectivity index (χ4n) is 1.83. The van der Waals surface area contributed by atoms with Crippen molar-refractivity contribution in [1.29, 1.82) is 0 Å². The van der Waals surface area contributed by atoms with Gasteiger partial charge in [0.05, 0.1) is 4.90 Å². The van der Waals surface area contributed by atoms with Crippen LogP contribution in [0.4, 0.5) is 4.39 Å². The summed E-state index contributed by atoms with van der Waals surface area (Å²) in [5.74, 6) is 0.600. The first-order valence-electron chi connectivity index (χ1n) is 5.50. The third-order valence-electron chi connectivity index (χ3n) is 2.71. The summed E-state index contributed by atoms with van der Waals surface area (Å²) in [5.41, 5.74) is 0. The Balaban J connectivity index is 2.07. The second-order valence-electron chi connectivity index (χ2n) is 3.86. The molecular weight excluding hydrogens is 225 g/mol. The number of hydrogen-bond acceptors (Lipinski definition) is 3. The molecule has 2 rings (SSSR count). The molecule has 2 nitrogen and oxygen atoms in total. The van der Waals surface area contributed by atoms with Gasteiger partial charge in [-0.05, 0) is 50.4 Å². The number of piperidine rings is 1. The lowest BCUT2D eigenvalue weighted by Gasteiger charge is -2.24. The van der Waals surface area contributed by atoms with Crippen LogP contribution in [-0.2, 0) is 0 Å². The van der Waals surface area contributed by atoms with Crippen LogP contribution in [0.25, 0.3) is 0 Å². The monoisotopic (exact) mass is 241 g/mol. The second kappa shape index (κ2) is 5.55. The zero-order chi connectivity index (χ0) is 11.4. The summed E-state index contributed by atoms with van der Waals surface area (Å²) in [6.45, 7) is 2.00. The van der Waals surface area contributed by atoms with Crippen LogP contribution in [0.2, 0.25) is 0 Å². The highest BCUT2D eigenvalue weighted by Gasteiger charge is 2.16. The highest BCUT2D eigenvalue weighted by molar-refractivity contribution is 7.98. The molecule has 1 N–H and O–H groups in total. The minimum Gasteiger partial charge on any atom is -0.489 e. The summed E-state index contributed by atoms with van der Waals surface area (Å²) in [6, 6.07) is 4.71. The van der Waals surface area contributed by atoms with Crippen molar-refractivity contribution in [2.24, 2.45) is 0 Å². The predicted molar refractivity (Wildman–Crippen MR) is 64.7 cm³/mol. The fourth-order valence-corrected chi connectivity index (χ4v) is 2.38. The Hall–Kier alpha value is -0.740. The summed E-state index contributed by atoms with van der Waals surface area (Å²) in [5, 5.41) is 3.29. The van der Waals surface area contributed by atoms with Crippen LogP contribution in [0, 0.1) is 5.82 Å². The molecule has 0 aliphatic carbocycles. The molecule has 1 aliphatic heterocycles. The molecule has 1 fully saturated rings. The van der Waals surface area contributed by atoms with E-state index in [0.29, 0.717) is 0 Å². The summed E-state index contributed by atoms with van der Waals surface area (Å²) in [7, 11) is 0. The van der Waals surface area contributed by atoms with Crippen molar-refractivity contribution in [2.75, 3.05) is 19.3 Å². The number of ether oxygens (including phenoxy) is 1. The zero-order valence-electron chi connectivity index (χ0n) is 9.33. The fraction of sp³-hybridized carbons (Fsp3) is 0.500. The van der Waals surface area contributed by atoms with E-state index in [-0.39, 0.29) is 11.9 Å². The van der Waals surface area contributed by atoms with E-state index >= 15 is 0 Å². The summed E-state index contributed by atoms with van der Waals surface area (Å²) >= 11 is 1.52. The van der Waals surface area contributed by atoms with Crippen LogP contribution >= 0.6 is 11.8 Å². The van der Waals surface area contributed by atoms with Gasteiger partial charge in [-0.15, -0.1) is 11.8 Å². The van der Waals surface area contributed by atoms with Gasteiger partial charge >= 0.3 is 0 Å². The zero-order valence-corrected chi connectivity index (χ0v) is 10.1. The molecule has 0 saturated carbocycles. The molecule has 16 heavy (non-hydrogen) atoms. The van der Waals surface area contributed by atoms with Gasteiger partial charge in [-0.3, -0.25) is 0 Å². The summed E-state index contributed by atoms with van der Waals surface area (Å²) in [4.78, 5) is 0.874. The topological polar surface area (TPSA) is 21.3 Å². The van der Waals surface area contributed by atoms with E-state index in [0.717, 1.165) is 36.6 Å². The van der Waals surface area contributed by atoms with E-state index < -0.39 is 0 Å². The van der Waals surface area contributed by atoms with E-state index in [1.807, 2.05) is 6.26 Å². The van der Waals surface area contributed by atoms with E-state index in [1.165, 1.54) is 23.9 Å². The number of hydrogen-bond donors (Lipinski definition) is 1. The van der Waals surface area contributed by atoms with Crippen molar-refractivity contribution in [1.82, 2.24) is 5.32 Å². The number of nitrogens with one attached hydrogen (secondary N) is 1. The van der Waals surface area contributed by atoms with Gasteiger partial charge in [0.2, 0.25) is 0 Å². The third kappa shape index (κ3) is 2.89. The van der Waals surface area contributed by atoms with Crippen molar-refractivity contribution in [3.63, 3.8) is 0 Å². The molecule has 4 heteroatoms. The van der Waals surface area contributed by atoms with E-state index in [1.54, 1.807) is 6.07 Å². The van der Waals surface area contributed by atoms with Gasteiger partial charge < -0.3 is 10.1 Å². The standard InChI is InChI=1S/C12H16FNOS/c1-16-12-8-9(13)2-3-11(12)15-10-4-6-14-7-5-10/h2-3,8,10,14H,4-7H2,1H3. The number of benzene rings is 1. The van der Waals surface area contributed by atoms with Crippen molar-refractivity contribution in [3.8, 4) is 5.75 Å². The van der Waals surface area contributed by atoms with Crippen LogP contribution in [0.1, 0.15) is 12.8 Å². The second-order valence-corrected chi connectivity index (χ2v) is 4.71. The Labute approximate surface area is 99.6 Å². The molecule has 1 heterocycles. The van der Waals surface area contributed by atoms with Gasteiger partial charge in [-0.1, -0.05) is 0 Å². The maximum atomic E-state index is 13.0. The Morgan fingerprint density at radius 1 is 1.38 bits per heavy atom. The Morgan fingerprint density at radius 2 is 2.12 bits per heavy atom. The lowest BCUT2D eigenvalue weighted by molar-refractivity contribution is 0.158. The Morgan fingerprint density at radius 3 is 2.81 bits per heavy atom.